The summed E-state index contributed by atoms with van der Waals surface area (Å²) in [6.45, 7) is 2.84. The number of hydrogen-bond donors (Lipinski definition) is 0. The molecule has 1 aromatic heterocycles. The van der Waals surface area contributed by atoms with Crippen LogP contribution in [0.5, 0.6) is 23.0 Å². The molecule has 4 aromatic rings. The van der Waals surface area contributed by atoms with Crippen molar-refractivity contribution in [2.45, 2.75) is 26.6 Å². The van der Waals surface area contributed by atoms with E-state index in [1.165, 1.54) is 52.1 Å². The van der Waals surface area contributed by atoms with Crippen LogP contribution in [-0.4, -0.2) is 50.9 Å². The fourth-order valence-corrected chi connectivity index (χ4v) is 4.67. The SMILES string of the molecule is COc1ccc2c(c1)c(C(OC(C)=O)C(=O)OCc1ccccc1)c(C)n2C(=O)c1cc(OC)c(OC)c(OC)c1. The summed E-state index contributed by atoms with van der Waals surface area (Å²) >= 11 is 0. The third-order valence-electron chi connectivity index (χ3n) is 6.56. The summed E-state index contributed by atoms with van der Waals surface area (Å²) in [7, 11) is 5.88. The minimum atomic E-state index is -1.44. The Morgan fingerprint density at radius 2 is 1.49 bits per heavy atom. The lowest BCUT2D eigenvalue weighted by atomic mass is 10.0. The largest absolute Gasteiger partial charge is 0.497 e. The Hall–Kier alpha value is -4.99. The van der Waals surface area contributed by atoms with E-state index in [1.807, 2.05) is 30.3 Å². The van der Waals surface area contributed by atoms with Crippen molar-refractivity contribution in [3.8, 4) is 23.0 Å². The van der Waals surface area contributed by atoms with Crippen molar-refractivity contribution in [2.75, 3.05) is 28.4 Å². The van der Waals surface area contributed by atoms with E-state index in [0.717, 1.165) is 5.56 Å². The highest BCUT2D eigenvalue weighted by molar-refractivity contribution is 6.06. The van der Waals surface area contributed by atoms with Crippen LogP contribution in [0.25, 0.3) is 10.9 Å². The number of carbonyl (C=O) groups is 3. The molecule has 10 heteroatoms. The molecule has 1 unspecified atom stereocenters. The minimum absolute atomic E-state index is 0.0250. The summed E-state index contributed by atoms with van der Waals surface area (Å²) < 4.78 is 34.2. The first-order chi connectivity index (χ1) is 19.7. The second-order valence-corrected chi connectivity index (χ2v) is 9.02. The van der Waals surface area contributed by atoms with Crippen LogP contribution in [0.4, 0.5) is 0 Å². The van der Waals surface area contributed by atoms with Gasteiger partial charge in [0.05, 0.1) is 34.0 Å². The first kappa shape index (κ1) is 29.0. The predicted molar refractivity (Wildman–Crippen MR) is 150 cm³/mol. The normalized spacial score (nSPS) is 11.5. The topological polar surface area (TPSA) is 112 Å². The molecular weight excluding hydrogens is 530 g/mol. The molecule has 0 spiro atoms. The number of fused-ring (bicyclic) bond motifs is 1. The Morgan fingerprint density at radius 1 is 0.829 bits per heavy atom. The average molecular weight is 562 g/mol. The fourth-order valence-electron chi connectivity index (χ4n) is 4.67. The van der Waals surface area contributed by atoms with Gasteiger partial charge in [-0.25, -0.2) is 4.79 Å². The van der Waals surface area contributed by atoms with Gasteiger partial charge in [-0.1, -0.05) is 30.3 Å². The highest BCUT2D eigenvalue weighted by Gasteiger charge is 2.34. The summed E-state index contributed by atoms with van der Waals surface area (Å²) in [6.07, 6.45) is -1.44. The van der Waals surface area contributed by atoms with Crippen molar-refractivity contribution in [1.29, 1.82) is 0 Å². The lowest BCUT2D eigenvalue weighted by Gasteiger charge is -2.18. The molecule has 1 heterocycles. The molecule has 0 aliphatic carbocycles. The first-order valence-electron chi connectivity index (χ1n) is 12.6. The molecule has 0 radical (unpaired) electrons. The number of benzene rings is 3. The Labute approximate surface area is 237 Å². The molecule has 0 saturated carbocycles. The number of methoxy groups -OCH3 is 4. The number of esters is 2. The molecule has 0 N–H and O–H groups in total. The zero-order valence-electron chi connectivity index (χ0n) is 23.7. The maximum atomic E-state index is 14.1. The van der Waals surface area contributed by atoms with E-state index in [0.29, 0.717) is 45.2 Å². The number of hydrogen-bond acceptors (Lipinski definition) is 9. The molecule has 41 heavy (non-hydrogen) atoms. The van der Waals surface area contributed by atoms with Crippen molar-refractivity contribution >= 4 is 28.7 Å². The summed E-state index contributed by atoms with van der Waals surface area (Å²) in [4.78, 5) is 39.7. The second kappa shape index (κ2) is 12.5. The molecule has 0 aliphatic heterocycles. The van der Waals surface area contributed by atoms with E-state index in [4.69, 9.17) is 28.4 Å². The Morgan fingerprint density at radius 3 is 2.05 bits per heavy atom. The smallest absolute Gasteiger partial charge is 0.352 e. The van der Waals surface area contributed by atoms with Gasteiger partial charge in [0.25, 0.3) is 5.91 Å². The zero-order valence-corrected chi connectivity index (χ0v) is 23.7. The molecule has 214 valence electrons. The number of carbonyl (C=O) groups excluding carboxylic acids is 3. The molecule has 3 aromatic carbocycles. The maximum Gasteiger partial charge on any atom is 0.352 e. The Balaban J connectivity index is 1.88. The van der Waals surface area contributed by atoms with E-state index in [2.05, 4.69) is 0 Å². The van der Waals surface area contributed by atoms with E-state index in [-0.39, 0.29) is 12.2 Å². The van der Waals surface area contributed by atoms with Gasteiger partial charge >= 0.3 is 11.9 Å². The summed E-state index contributed by atoms with van der Waals surface area (Å²) in [5.41, 5.74) is 2.13. The number of ether oxygens (including phenoxy) is 6. The van der Waals surface area contributed by atoms with Crippen LogP contribution in [0.2, 0.25) is 0 Å². The van der Waals surface area contributed by atoms with Crippen LogP contribution in [0, 0.1) is 6.92 Å². The molecule has 1 atom stereocenters. The number of rotatable bonds is 10. The molecule has 10 nitrogen and oxygen atoms in total. The van der Waals surface area contributed by atoms with Crippen molar-refractivity contribution in [1.82, 2.24) is 4.57 Å². The van der Waals surface area contributed by atoms with Gasteiger partial charge in [-0.05, 0) is 42.8 Å². The van der Waals surface area contributed by atoms with Crippen molar-refractivity contribution in [3.05, 3.63) is 83.0 Å². The number of nitrogens with zero attached hydrogens (tertiary/aromatic N) is 1. The molecule has 0 amide bonds. The highest BCUT2D eigenvalue weighted by Crippen LogP contribution is 2.40. The summed E-state index contributed by atoms with van der Waals surface area (Å²) in [6, 6.07) is 17.3. The first-order valence-corrected chi connectivity index (χ1v) is 12.6. The maximum absolute atomic E-state index is 14.1. The fraction of sp³-hybridized carbons (Fsp3) is 0.258. The highest BCUT2D eigenvalue weighted by atomic mass is 16.6. The van der Waals surface area contributed by atoms with Crippen molar-refractivity contribution in [2.24, 2.45) is 0 Å². The van der Waals surface area contributed by atoms with E-state index < -0.39 is 23.9 Å². The van der Waals surface area contributed by atoms with Crippen molar-refractivity contribution in [3.63, 3.8) is 0 Å². The van der Waals surface area contributed by atoms with Crippen LogP contribution >= 0.6 is 0 Å². The summed E-state index contributed by atoms with van der Waals surface area (Å²) in [5, 5.41) is 0.477. The van der Waals surface area contributed by atoms with Gasteiger partial charge in [0, 0.05) is 29.1 Å². The predicted octanol–water partition coefficient (Wildman–Crippen LogP) is 5.02. The second-order valence-electron chi connectivity index (χ2n) is 9.02. The van der Waals surface area contributed by atoms with Gasteiger partial charge in [-0.3, -0.25) is 14.2 Å². The van der Waals surface area contributed by atoms with Crippen LogP contribution < -0.4 is 18.9 Å². The number of aromatic nitrogens is 1. The molecule has 0 bridgehead atoms. The molecule has 0 aliphatic rings. The Kier molecular flexibility index (Phi) is 8.81. The lowest BCUT2D eigenvalue weighted by Crippen LogP contribution is -2.22. The molecule has 0 fully saturated rings. The third-order valence-corrected chi connectivity index (χ3v) is 6.56. The average Bonchev–Trinajstić information content (AvgIpc) is 3.28. The molecule has 0 saturated heterocycles. The standard InChI is InChI=1S/C31H31NO9/c1-18-27(29(41-19(2)33)31(35)40-17-20-10-8-7-9-11-20)23-16-22(36-3)12-13-24(23)32(18)30(34)21-14-25(37-4)28(39-6)26(15-21)38-5/h7-16,29H,17H2,1-6H3. The van der Waals surface area contributed by atoms with Crippen LogP contribution in [0.1, 0.15) is 40.2 Å². The van der Waals surface area contributed by atoms with Gasteiger partial charge in [-0.15, -0.1) is 0 Å². The summed E-state index contributed by atoms with van der Waals surface area (Å²) in [5.74, 6) is -0.498. The van der Waals surface area contributed by atoms with E-state index >= 15 is 0 Å². The Bertz CT molecular complexity index is 1570. The van der Waals surface area contributed by atoms with E-state index in [1.54, 1.807) is 25.1 Å². The third kappa shape index (κ3) is 5.81. The monoisotopic (exact) mass is 561 g/mol. The van der Waals surface area contributed by atoms with Crippen LogP contribution in [-0.2, 0) is 25.7 Å². The lowest BCUT2D eigenvalue weighted by molar-refractivity contribution is -0.168. The van der Waals surface area contributed by atoms with Gasteiger partial charge < -0.3 is 28.4 Å². The zero-order chi connectivity index (χ0) is 29.7. The van der Waals surface area contributed by atoms with Crippen LogP contribution in [0.3, 0.4) is 0 Å². The minimum Gasteiger partial charge on any atom is -0.497 e. The van der Waals surface area contributed by atoms with Gasteiger partial charge in [-0.2, -0.15) is 0 Å². The van der Waals surface area contributed by atoms with Crippen molar-refractivity contribution < 1.29 is 42.8 Å². The molecular formula is C31H31NO9. The molecule has 4 rings (SSSR count). The quantitative estimate of drug-likeness (QED) is 0.246. The van der Waals surface area contributed by atoms with Crippen LogP contribution in [0.15, 0.2) is 60.7 Å². The van der Waals surface area contributed by atoms with E-state index in [9.17, 15) is 14.4 Å². The van der Waals surface area contributed by atoms with Gasteiger partial charge in [0.1, 0.15) is 12.4 Å². The van der Waals surface area contributed by atoms with Gasteiger partial charge in [0.2, 0.25) is 11.9 Å². The van der Waals surface area contributed by atoms with Gasteiger partial charge in [0.15, 0.2) is 11.5 Å².